The Morgan fingerprint density at radius 3 is 3.00 bits per heavy atom. The van der Waals surface area contributed by atoms with E-state index in [-0.39, 0.29) is 11.9 Å². The summed E-state index contributed by atoms with van der Waals surface area (Å²) in [5, 5.41) is 6.43. The number of aromatic nitrogens is 3. The maximum atomic E-state index is 12.9. The summed E-state index contributed by atoms with van der Waals surface area (Å²) in [6.45, 7) is 5.71. The zero-order valence-corrected chi connectivity index (χ0v) is 15.5. The zero-order valence-electron chi connectivity index (χ0n) is 14.7. The summed E-state index contributed by atoms with van der Waals surface area (Å²) in [5.41, 5.74) is 6.15. The number of nitrogens with two attached hydrogens (primary N) is 1. The molecule has 4 rings (SSSR count). The third kappa shape index (κ3) is 3.89. The standard InChI is InChI=1S/C17H24N6O2S/c18-17-20-15(12-26-17)16(24)23-8-13-7-21(9-14(23)11-25-10-13)4-2-6-22-5-1-3-19-22/h1,3,5,12-14H,2,4,6-11H2,(H2,18,20)/t13-,14-/m0/s1. The average molecular weight is 376 g/mol. The smallest absolute Gasteiger partial charge is 0.273 e. The first-order chi connectivity index (χ1) is 12.7. The fourth-order valence-electron chi connectivity index (χ4n) is 3.79. The Bertz CT molecular complexity index is 733. The molecule has 2 fully saturated rings. The summed E-state index contributed by atoms with van der Waals surface area (Å²) in [6.07, 6.45) is 4.84. The van der Waals surface area contributed by atoms with Gasteiger partial charge in [-0.1, -0.05) is 0 Å². The predicted octanol–water partition coefficient (Wildman–Crippen LogP) is 0.785. The number of ether oxygens (including phenoxy) is 1. The molecule has 9 heteroatoms. The number of aryl methyl sites for hydroxylation is 1. The van der Waals surface area contributed by atoms with Gasteiger partial charge in [0.05, 0.1) is 19.3 Å². The van der Waals surface area contributed by atoms with Crippen molar-refractivity contribution >= 4 is 22.4 Å². The van der Waals surface area contributed by atoms with Crippen molar-refractivity contribution in [3.63, 3.8) is 0 Å². The molecule has 0 radical (unpaired) electrons. The number of carbonyl (C=O) groups excluding carboxylic acids is 1. The summed E-state index contributed by atoms with van der Waals surface area (Å²) in [4.78, 5) is 21.5. The van der Waals surface area contributed by atoms with E-state index in [9.17, 15) is 4.79 Å². The maximum Gasteiger partial charge on any atom is 0.273 e. The van der Waals surface area contributed by atoms with Gasteiger partial charge in [0.2, 0.25) is 0 Å². The van der Waals surface area contributed by atoms with E-state index < -0.39 is 0 Å². The lowest BCUT2D eigenvalue weighted by Gasteiger charge is -2.31. The minimum absolute atomic E-state index is 0.0307. The Kier molecular flexibility index (Phi) is 5.18. The summed E-state index contributed by atoms with van der Waals surface area (Å²) in [7, 11) is 0. The molecule has 2 aromatic rings. The largest absolute Gasteiger partial charge is 0.379 e. The lowest BCUT2D eigenvalue weighted by Crippen LogP contribution is -2.46. The highest BCUT2D eigenvalue weighted by molar-refractivity contribution is 7.13. The third-order valence-corrected chi connectivity index (χ3v) is 5.64. The molecular weight excluding hydrogens is 352 g/mol. The molecule has 0 aromatic carbocycles. The monoisotopic (exact) mass is 376 g/mol. The van der Waals surface area contributed by atoms with Gasteiger partial charge >= 0.3 is 0 Å². The Morgan fingerprint density at radius 1 is 1.31 bits per heavy atom. The SMILES string of the molecule is Nc1nc(C(=O)N2C[C@H]3COC[C@@H]2CN(CCCn2cccn2)C3)cs1. The molecule has 2 saturated heterocycles. The van der Waals surface area contributed by atoms with Gasteiger partial charge in [0.15, 0.2) is 5.13 Å². The highest BCUT2D eigenvalue weighted by Gasteiger charge is 2.36. The van der Waals surface area contributed by atoms with E-state index >= 15 is 0 Å². The number of hydrogen-bond donors (Lipinski definition) is 1. The van der Waals surface area contributed by atoms with Crippen LogP contribution >= 0.6 is 11.3 Å². The lowest BCUT2D eigenvalue weighted by atomic mass is 10.1. The van der Waals surface area contributed by atoms with Gasteiger partial charge in [0.1, 0.15) is 5.69 Å². The molecule has 0 spiro atoms. The molecule has 0 unspecified atom stereocenters. The van der Waals surface area contributed by atoms with Crippen LogP contribution in [-0.4, -0.2) is 75.9 Å². The van der Waals surface area contributed by atoms with Crippen molar-refractivity contribution in [2.24, 2.45) is 5.92 Å². The maximum absolute atomic E-state index is 12.9. The van der Waals surface area contributed by atoms with Crippen molar-refractivity contribution in [2.45, 2.75) is 19.0 Å². The van der Waals surface area contributed by atoms with Crippen LogP contribution in [0.1, 0.15) is 16.9 Å². The van der Waals surface area contributed by atoms with Crippen LogP contribution in [0.4, 0.5) is 5.13 Å². The van der Waals surface area contributed by atoms with Crippen LogP contribution in [0.5, 0.6) is 0 Å². The first-order valence-electron chi connectivity index (χ1n) is 8.98. The summed E-state index contributed by atoms with van der Waals surface area (Å²) < 4.78 is 7.78. The topological polar surface area (TPSA) is 89.5 Å². The molecule has 2 N–H and O–H groups in total. The van der Waals surface area contributed by atoms with E-state index in [1.807, 2.05) is 28.0 Å². The third-order valence-electron chi connectivity index (χ3n) is 4.97. The van der Waals surface area contributed by atoms with Gasteiger partial charge in [-0.25, -0.2) is 4.98 Å². The minimum atomic E-state index is -0.0307. The highest BCUT2D eigenvalue weighted by Crippen LogP contribution is 2.23. The average Bonchev–Trinajstić information content (AvgIpc) is 3.19. The molecule has 2 atom stereocenters. The van der Waals surface area contributed by atoms with Gasteiger partial charge in [-0.3, -0.25) is 9.48 Å². The molecule has 2 aliphatic rings. The van der Waals surface area contributed by atoms with Crippen molar-refractivity contribution in [1.29, 1.82) is 0 Å². The number of thiazole rings is 1. The molecule has 26 heavy (non-hydrogen) atoms. The van der Waals surface area contributed by atoms with Crippen LogP contribution in [0.2, 0.25) is 0 Å². The summed E-state index contributed by atoms with van der Waals surface area (Å²) >= 11 is 1.31. The van der Waals surface area contributed by atoms with Crippen LogP contribution < -0.4 is 5.73 Å². The van der Waals surface area contributed by atoms with Crippen LogP contribution in [0.25, 0.3) is 0 Å². The van der Waals surface area contributed by atoms with Gasteiger partial charge in [-0.15, -0.1) is 11.3 Å². The second-order valence-corrected chi connectivity index (χ2v) is 7.86. The Balaban J connectivity index is 1.41. The van der Waals surface area contributed by atoms with Crippen molar-refractivity contribution < 1.29 is 9.53 Å². The van der Waals surface area contributed by atoms with E-state index in [4.69, 9.17) is 10.5 Å². The molecule has 2 bridgehead atoms. The number of hydrogen-bond acceptors (Lipinski definition) is 7. The first kappa shape index (κ1) is 17.4. The van der Waals surface area contributed by atoms with Crippen LogP contribution in [0.15, 0.2) is 23.8 Å². The zero-order chi connectivity index (χ0) is 17.9. The fourth-order valence-corrected chi connectivity index (χ4v) is 4.33. The predicted molar refractivity (Wildman–Crippen MR) is 98.9 cm³/mol. The fraction of sp³-hybridized carbons (Fsp3) is 0.588. The number of carbonyl (C=O) groups is 1. The van der Waals surface area contributed by atoms with E-state index in [0.29, 0.717) is 30.0 Å². The van der Waals surface area contributed by atoms with Crippen molar-refractivity contribution in [2.75, 3.05) is 45.1 Å². The molecule has 1 amide bonds. The molecule has 2 aromatic heterocycles. The molecule has 8 nitrogen and oxygen atoms in total. The van der Waals surface area contributed by atoms with E-state index in [0.717, 1.165) is 39.1 Å². The summed E-state index contributed by atoms with van der Waals surface area (Å²) in [5.74, 6) is 0.295. The van der Waals surface area contributed by atoms with Crippen LogP contribution in [0, 0.1) is 5.92 Å². The van der Waals surface area contributed by atoms with E-state index in [1.54, 1.807) is 5.38 Å². The molecule has 4 heterocycles. The number of anilines is 1. The van der Waals surface area contributed by atoms with Crippen molar-refractivity contribution in [3.05, 3.63) is 29.5 Å². The van der Waals surface area contributed by atoms with Crippen LogP contribution in [-0.2, 0) is 11.3 Å². The number of nitrogens with zero attached hydrogens (tertiary/aromatic N) is 5. The highest BCUT2D eigenvalue weighted by atomic mass is 32.1. The Hall–Kier alpha value is -1.97. The first-order valence-corrected chi connectivity index (χ1v) is 9.86. The molecular formula is C17H24N6O2S. The molecule has 0 saturated carbocycles. The molecule has 2 aliphatic heterocycles. The number of amides is 1. The number of rotatable bonds is 5. The van der Waals surface area contributed by atoms with E-state index in [1.165, 1.54) is 11.3 Å². The quantitative estimate of drug-likeness (QED) is 0.830. The Labute approximate surface area is 156 Å². The number of fused-ring (bicyclic) bond motifs is 3. The van der Waals surface area contributed by atoms with Gasteiger partial charge in [0.25, 0.3) is 5.91 Å². The second kappa shape index (κ2) is 7.73. The molecule has 0 aliphatic carbocycles. The van der Waals surface area contributed by atoms with E-state index in [2.05, 4.69) is 15.0 Å². The van der Waals surface area contributed by atoms with Crippen LogP contribution in [0.3, 0.4) is 0 Å². The van der Waals surface area contributed by atoms with Crippen molar-refractivity contribution in [3.8, 4) is 0 Å². The van der Waals surface area contributed by atoms with Gasteiger partial charge in [-0.05, 0) is 19.0 Å². The van der Waals surface area contributed by atoms with Gasteiger partial charge in [-0.2, -0.15) is 5.10 Å². The van der Waals surface area contributed by atoms with Gasteiger partial charge < -0.3 is 20.3 Å². The summed E-state index contributed by atoms with van der Waals surface area (Å²) in [6, 6.07) is 2.00. The van der Waals surface area contributed by atoms with Crippen molar-refractivity contribution in [1.82, 2.24) is 24.6 Å². The minimum Gasteiger partial charge on any atom is -0.379 e. The normalized spacial score (nSPS) is 23.8. The Morgan fingerprint density at radius 2 is 2.23 bits per heavy atom. The molecule has 140 valence electrons. The van der Waals surface area contributed by atoms with Gasteiger partial charge in [0, 0.05) is 49.9 Å². The lowest BCUT2D eigenvalue weighted by molar-refractivity contribution is 0.0432. The second-order valence-electron chi connectivity index (χ2n) is 6.97. The number of nitrogen functional groups attached to an aromatic ring is 1.